The third-order valence-corrected chi connectivity index (χ3v) is 8.41. The zero-order valence-electron chi connectivity index (χ0n) is 21.4. The number of nitrogens with zero attached hydrogens (tertiary/aromatic N) is 2. The Labute approximate surface area is 228 Å². The number of methoxy groups -OCH3 is 1. The number of amidine groups is 1. The van der Waals surface area contributed by atoms with Gasteiger partial charge in [0.25, 0.3) is 15.9 Å². The van der Waals surface area contributed by atoms with Crippen molar-refractivity contribution in [2.75, 3.05) is 20.3 Å². The van der Waals surface area contributed by atoms with Crippen LogP contribution in [0.2, 0.25) is 5.02 Å². The van der Waals surface area contributed by atoms with Gasteiger partial charge in [0.15, 0.2) is 16.7 Å². The van der Waals surface area contributed by atoms with Crippen LogP contribution in [0.5, 0.6) is 11.5 Å². The highest BCUT2D eigenvalue weighted by molar-refractivity contribution is 8.19. The summed E-state index contributed by atoms with van der Waals surface area (Å²) in [7, 11) is -2.42. The number of thioether (sulfide) groups is 1. The second-order valence-electron chi connectivity index (χ2n) is 8.49. The monoisotopic (exact) mass is 564 g/mol. The van der Waals surface area contributed by atoms with Crippen molar-refractivity contribution in [3.8, 4) is 11.5 Å². The molecular weight excluding hydrogens is 532 g/mol. The summed E-state index contributed by atoms with van der Waals surface area (Å²) in [5.74, 6) is 0.917. The lowest BCUT2D eigenvalue weighted by molar-refractivity contribution is -0.122. The van der Waals surface area contributed by atoms with E-state index >= 15 is 0 Å². The Kier molecular flexibility index (Phi) is 10.9. The number of unbranched alkanes of at least 4 members (excludes halogenated alkanes) is 5. The molecule has 1 fully saturated rings. The van der Waals surface area contributed by atoms with E-state index in [0.29, 0.717) is 28.0 Å². The van der Waals surface area contributed by atoms with E-state index in [1.807, 2.05) is 12.1 Å². The highest BCUT2D eigenvalue weighted by atomic mass is 35.5. The molecule has 1 aliphatic rings. The van der Waals surface area contributed by atoms with E-state index < -0.39 is 10.0 Å². The summed E-state index contributed by atoms with van der Waals surface area (Å²) in [6.07, 6.45) is 8.71. The van der Waals surface area contributed by atoms with Crippen molar-refractivity contribution in [1.82, 2.24) is 4.90 Å². The predicted molar refractivity (Wildman–Crippen MR) is 151 cm³/mol. The Bertz CT molecular complexity index is 1240. The summed E-state index contributed by atoms with van der Waals surface area (Å²) >= 11 is 6.90. The Hall–Kier alpha value is -2.49. The lowest BCUT2D eigenvalue weighted by Gasteiger charge is -2.12. The van der Waals surface area contributed by atoms with Crippen LogP contribution in [0.1, 0.15) is 57.9 Å². The van der Waals surface area contributed by atoms with Crippen molar-refractivity contribution in [1.29, 1.82) is 0 Å². The SMILES string of the molecule is CCCCCCCCOc1cc(/C=C2\SC(=NS(=O)(=O)c3ccc(Cl)cc3)N(CC)C2=O)ccc1OC. The minimum absolute atomic E-state index is 0.00763. The van der Waals surface area contributed by atoms with Crippen LogP contribution in [-0.4, -0.2) is 44.7 Å². The molecule has 0 bridgehead atoms. The van der Waals surface area contributed by atoms with Crippen molar-refractivity contribution in [2.24, 2.45) is 4.40 Å². The van der Waals surface area contributed by atoms with Crippen molar-refractivity contribution in [3.05, 3.63) is 58.0 Å². The van der Waals surface area contributed by atoms with Crippen LogP contribution in [-0.2, 0) is 14.8 Å². The van der Waals surface area contributed by atoms with Crippen LogP contribution in [0, 0.1) is 0 Å². The topological polar surface area (TPSA) is 85.3 Å². The fourth-order valence-electron chi connectivity index (χ4n) is 3.73. The summed E-state index contributed by atoms with van der Waals surface area (Å²) < 4.78 is 41.0. The highest BCUT2D eigenvalue weighted by Gasteiger charge is 2.34. The lowest BCUT2D eigenvalue weighted by atomic mass is 10.1. The highest BCUT2D eigenvalue weighted by Crippen LogP contribution is 2.35. The minimum atomic E-state index is -4.01. The molecule has 1 aliphatic heterocycles. The van der Waals surface area contributed by atoms with E-state index in [4.69, 9.17) is 21.1 Å². The zero-order chi connectivity index (χ0) is 26.8. The van der Waals surface area contributed by atoms with Crippen molar-refractivity contribution >= 4 is 50.5 Å². The van der Waals surface area contributed by atoms with Gasteiger partial charge in [0.1, 0.15) is 0 Å². The van der Waals surface area contributed by atoms with Gasteiger partial charge in [-0.25, -0.2) is 0 Å². The molecule has 1 amide bonds. The van der Waals surface area contributed by atoms with Gasteiger partial charge in [-0.1, -0.05) is 56.7 Å². The van der Waals surface area contributed by atoms with Crippen molar-refractivity contribution < 1.29 is 22.7 Å². The van der Waals surface area contributed by atoms with E-state index in [9.17, 15) is 13.2 Å². The average molecular weight is 565 g/mol. The van der Waals surface area contributed by atoms with E-state index in [1.54, 1.807) is 26.2 Å². The number of sulfonamides is 1. The molecule has 0 aliphatic carbocycles. The molecule has 10 heteroatoms. The maximum absolute atomic E-state index is 13.0. The third kappa shape index (κ3) is 7.99. The van der Waals surface area contributed by atoms with E-state index in [1.165, 1.54) is 54.8 Å². The van der Waals surface area contributed by atoms with Gasteiger partial charge in [0.2, 0.25) is 0 Å². The van der Waals surface area contributed by atoms with Crippen molar-refractivity contribution in [2.45, 2.75) is 57.3 Å². The standard InChI is InChI=1S/C27H33ClN2O5S2/c1-4-6-7-8-9-10-17-35-24-18-20(11-16-23(24)34-3)19-25-26(31)30(5-2)27(36-25)29-37(32,33)22-14-12-21(28)13-15-22/h11-16,18-19H,4-10,17H2,1-3H3/b25-19-,29-27?. The molecule has 2 aromatic rings. The smallest absolute Gasteiger partial charge is 0.284 e. The number of hydrogen-bond acceptors (Lipinski definition) is 6. The third-order valence-electron chi connectivity index (χ3n) is 5.75. The first-order valence-electron chi connectivity index (χ1n) is 12.4. The van der Waals surface area contributed by atoms with Crippen LogP contribution in [0.3, 0.4) is 0 Å². The maximum atomic E-state index is 13.0. The summed E-state index contributed by atoms with van der Waals surface area (Å²) in [5, 5.41) is 0.536. The molecule has 7 nitrogen and oxygen atoms in total. The number of amides is 1. The predicted octanol–water partition coefficient (Wildman–Crippen LogP) is 6.77. The van der Waals surface area contributed by atoms with Gasteiger partial charge >= 0.3 is 0 Å². The molecule has 200 valence electrons. The molecule has 0 radical (unpaired) electrons. The Morgan fingerprint density at radius 1 is 1.00 bits per heavy atom. The molecule has 1 heterocycles. The number of likely N-dealkylation sites (N-methyl/N-ethyl adjacent to an activating group) is 1. The van der Waals surface area contributed by atoms with Crippen LogP contribution < -0.4 is 9.47 Å². The van der Waals surface area contributed by atoms with Gasteiger partial charge in [0, 0.05) is 11.6 Å². The Morgan fingerprint density at radius 3 is 2.38 bits per heavy atom. The van der Waals surface area contributed by atoms with E-state index in [0.717, 1.165) is 30.2 Å². The summed E-state index contributed by atoms with van der Waals surface area (Å²) in [4.78, 5) is 14.8. The quantitative estimate of drug-likeness (QED) is 0.197. The fourth-order valence-corrected chi connectivity index (χ4v) is 6.10. The second-order valence-corrected chi connectivity index (χ2v) is 11.5. The Morgan fingerprint density at radius 2 is 1.70 bits per heavy atom. The molecule has 0 spiro atoms. The van der Waals surface area contributed by atoms with Crippen LogP contribution in [0.25, 0.3) is 6.08 Å². The fraction of sp³-hybridized carbons (Fsp3) is 0.407. The molecule has 0 N–H and O–H groups in total. The summed E-state index contributed by atoms with van der Waals surface area (Å²) in [6.45, 7) is 4.84. The second kappa shape index (κ2) is 13.9. The van der Waals surface area contributed by atoms with Gasteiger partial charge in [-0.2, -0.15) is 8.42 Å². The molecular formula is C27H33ClN2O5S2. The molecule has 0 atom stereocenters. The maximum Gasteiger partial charge on any atom is 0.284 e. The average Bonchev–Trinajstić information content (AvgIpc) is 3.16. The summed E-state index contributed by atoms with van der Waals surface area (Å²) in [6, 6.07) is 11.2. The Balaban J connectivity index is 1.77. The number of rotatable bonds is 13. The zero-order valence-corrected chi connectivity index (χ0v) is 23.8. The molecule has 1 saturated heterocycles. The number of benzene rings is 2. The molecule has 0 unspecified atom stereocenters. The first kappa shape index (κ1) is 29.1. The number of carbonyl (C=O) groups excluding carboxylic acids is 1. The first-order valence-corrected chi connectivity index (χ1v) is 15.0. The largest absolute Gasteiger partial charge is 0.493 e. The van der Waals surface area contributed by atoms with E-state index in [2.05, 4.69) is 11.3 Å². The van der Waals surface area contributed by atoms with Crippen molar-refractivity contribution in [3.63, 3.8) is 0 Å². The van der Waals surface area contributed by atoms with Crippen LogP contribution in [0.15, 0.2) is 56.7 Å². The van der Waals surface area contributed by atoms with Crippen LogP contribution >= 0.6 is 23.4 Å². The minimum Gasteiger partial charge on any atom is -0.493 e. The number of ether oxygens (including phenoxy) is 2. The van der Waals surface area contributed by atoms with Crippen LogP contribution in [0.4, 0.5) is 0 Å². The normalized spacial score (nSPS) is 16.1. The van der Waals surface area contributed by atoms with Gasteiger partial charge in [-0.3, -0.25) is 9.69 Å². The number of halogens is 1. The van der Waals surface area contributed by atoms with Gasteiger partial charge < -0.3 is 9.47 Å². The summed E-state index contributed by atoms with van der Waals surface area (Å²) in [5.41, 5.74) is 0.743. The molecule has 0 saturated carbocycles. The lowest BCUT2D eigenvalue weighted by Crippen LogP contribution is -2.29. The van der Waals surface area contributed by atoms with Gasteiger partial charge in [0.05, 0.1) is 23.5 Å². The molecule has 2 aromatic carbocycles. The van der Waals surface area contributed by atoms with Gasteiger partial charge in [-0.15, -0.1) is 4.40 Å². The molecule has 37 heavy (non-hydrogen) atoms. The van der Waals surface area contributed by atoms with E-state index in [-0.39, 0.29) is 22.5 Å². The number of carbonyl (C=O) groups is 1. The van der Waals surface area contributed by atoms with Gasteiger partial charge in [-0.05, 0) is 73.1 Å². The number of hydrogen-bond donors (Lipinski definition) is 0. The first-order chi connectivity index (χ1) is 17.8. The molecule has 0 aromatic heterocycles. The molecule has 3 rings (SSSR count).